The topological polar surface area (TPSA) is 99.7 Å². The first kappa shape index (κ1) is 19.2. The summed E-state index contributed by atoms with van der Waals surface area (Å²) >= 11 is 1.50. The van der Waals surface area contributed by atoms with E-state index in [1.807, 2.05) is 19.2 Å². The Balaban J connectivity index is 1.70. The minimum Gasteiger partial charge on any atom is -0.349 e. The predicted octanol–water partition coefficient (Wildman–Crippen LogP) is 0.339. The molecule has 3 rings (SSSR count). The Kier molecular flexibility index (Phi) is 5.36. The van der Waals surface area contributed by atoms with Gasteiger partial charge in [0.25, 0.3) is 0 Å². The highest BCUT2D eigenvalue weighted by atomic mass is 32.2. The zero-order valence-electron chi connectivity index (χ0n) is 15.1. The maximum Gasteiger partial charge on any atom is 0.238 e. The second kappa shape index (κ2) is 7.24. The van der Waals surface area contributed by atoms with Crippen LogP contribution < -0.4 is 5.32 Å². The van der Waals surface area contributed by atoms with E-state index in [1.165, 1.54) is 15.6 Å². The quantitative estimate of drug-likeness (QED) is 0.768. The van der Waals surface area contributed by atoms with Crippen molar-refractivity contribution in [2.75, 3.05) is 19.3 Å². The zero-order valence-corrected chi connectivity index (χ0v) is 16.8. The molecule has 10 heteroatoms. The molecule has 26 heavy (non-hydrogen) atoms. The molecule has 0 aromatic carbocycles. The molecule has 8 nitrogen and oxygen atoms in total. The van der Waals surface area contributed by atoms with E-state index in [9.17, 15) is 18.0 Å². The SMILES string of the molecule is CC[C@@H]1[C@H](C(=O)NCc2nc(C)cs2)C[C@@H]2CN(S(C)(=O)=O)CC(=O)N21. The molecule has 0 bridgehead atoms. The Morgan fingerprint density at radius 3 is 2.77 bits per heavy atom. The van der Waals surface area contributed by atoms with Crippen molar-refractivity contribution in [1.82, 2.24) is 19.5 Å². The molecule has 3 heterocycles. The van der Waals surface area contributed by atoms with E-state index in [1.54, 1.807) is 4.90 Å². The van der Waals surface area contributed by atoms with Crippen LogP contribution in [0.5, 0.6) is 0 Å². The number of sulfonamides is 1. The molecule has 0 saturated carbocycles. The van der Waals surface area contributed by atoms with E-state index in [0.29, 0.717) is 19.4 Å². The molecule has 3 atom stereocenters. The van der Waals surface area contributed by atoms with Gasteiger partial charge >= 0.3 is 0 Å². The van der Waals surface area contributed by atoms with Gasteiger partial charge in [0.15, 0.2) is 0 Å². The highest BCUT2D eigenvalue weighted by molar-refractivity contribution is 7.88. The van der Waals surface area contributed by atoms with Crippen molar-refractivity contribution in [1.29, 1.82) is 0 Å². The summed E-state index contributed by atoms with van der Waals surface area (Å²) in [5, 5.41) is 5.71. The predicted molar refractivity (Wildman–Crippen MR) is 97.9 cm³/mol. The van der Waals surface area contributed by atoms with Crippen molar-refractivity contribution in [3.8, 4) is 0 Å². The second-order valence-electron chi connectivity index (χ2n) is 6.93. The maximum absolute atomic E-state index is 12.7. The van der Waals surface area contributed by atoms with Gasteiger partial charge in [-0.3, -0.25) is 9.59 Å². The average Bonchev–Trinajstić information content (AvgIpc) is 3.15. The molecule has 2 fully saturated rings. The van der Waals surface area contributed by atoms with Crippen LogP contribution in [0.3, 0.4) is 0 Å². The fourth-order valence-corrected chi connectivity index (χ4v) is 5.40. The van der Waals surface area contributed by atoms with Gasteiger partial charge in [-0.15, -0.1) is 11.3 Å². The summed E-state index contributed by atoms with van der Waals surface area (Å²) in [6, 6.07) is -0.430. The van der Waals surface area contributed by atoms with Crippen molar-refractivity contribution in [2.24, 2.45) is 5.92 Å². The second-order valence-corrected chi connectivity index (χ2v) is 9.85. The summed E-state index contributed by atoms with van der Waals surface area (Å²) in [5.74, 6) is -0.642. The van der Waals surface area contributed by atoms with Gasteiger partial charge in [-0.05, 0) is 19.8 Å². The van der Waals surface area contributed by atoms with Crippen molar-refractivity contribution < 1.29 is 18.0 Å². The van der Waals surface area contributed by atoms with Gasteiger partial charge in [-0.25, -0.2) is 13.4 Å². The van der Waals surface area contributed by atoms with Crippen LogP contribution in [-0.4, -0.2) is 65.9 Å². The fourth-order valence-electron chi connectivity index (χ4n) is 3.90. The molecule has 1 aromatic rings. The molecule has 0 radical (unpaired) electrons. The van der Waals surface area contributed by atoms with Gasteiger partial charge in [0.05, 0.1) is 25.3 Å². The molecular formula is C16H24N4O4S2. The third-order valence-corrected chi connectivity index (χ3v) is 7.24. The normalized spacial score (nSPS) is 26.8. The van der Waals surface area contributed by atoms with Crippen molar-refractivity contribution in [3.05, 3.63) is 16.1 Å². The van der Waals surface area contributed by atoms with E-state index < -0.39 is 10.0 Å². The van der Waals surface area contributed by atoms with Gasteiger partial charge in [0, 0.05) is 29.7 Å². The lowest BCUT2D eigenvalue weighted by atomic mass is 9.96. The third kappa shape index (κ3) is 3.77. The number of thiazole rings is 1. The minimum atomic E-state index is -3.42. The van der Waals surface area contributed by atoms with Crippen LogP contribution in [0.4, 0.5) is 0 Å². The van der Waals surface area contributed by atoms with Crippen molar-refractivity contribution >= 4 is 33.2 Å². The van der Waals surface area contributed by atoms with Crippen LogP contribution in [0, 0.1) is 12.8 Å². The van der Waals surface area contributed by atoms with Crippen LogP contribution in [0.2, 0.25) is 0 Å². The molecular weight excluding hydrogens is 376 g/mol. The monoisotopic (exact) mass is 400 g/mol. The highest BCUT2D eigenvalue weighted by Gasteiger charge is 2.49. The molecule has 2 amide bonds. The fraction of sp³-hybridized carbons (Fsp3) is 0.688. The first-order valence-corrected chi connectivity index (χ1v) is 11.4. The number of aryl methyl sites for hydroxylation is 1. The lowest BCUT2D eigenvalue weighted by Crippen LogP contribution is -2.57. The summed E-state index contributed by atoms with van der Waals surface area (Å²) < 4.78 is 24.8. The van der Waals surface area contributed by atoms with Crippen LogP contribution in [-0.2, 0) is 26.2 Å². The standard InChI is InChI=1S/C16H24N4O4S2/c1-4-13-12(16(22)17-6-14-18-10(2)9-25-14)5-11-7-19(26(3,23)24)8-15(21)20(11)13/h9,11-13H,4-8H2,1-3H3,(H,17,22)/t11-,12-,13-/m1/s1. The van der Waals surface area contributed by atoms with E-state index >= 15 is 0 Å². The number of carbonyl (C=O) groups excluding carboxylic acids is 2. The number of carbonyl (C=O) groups is 2. The number of rotatable bonds is 5. The summed E-state index contributed by atoms with van der Waals surface area (Å²) in [7, 11) is -3.42. The Bertz CT molecular complexity index is 807. The van der Waals surface area contributed by atoms with E-state index in [-0.39, 0.29) is 42.9 Å². The minimum absolute atomic E-state index is 0.0993. The lowest BCUT2D eigenvalue weighted by molar-refractivity contribution is -0.138. The first-order chi connectivity index (χ1) is 12.2. The smallest absolute Gasteiger partial charge is 0.238 e. The Morgan fingerprint density at radius 1 is 1.46 bits per heavy atom. The summed E-state index contributed by atoms with van der Waals surface area (Å²) in [6.45, 7) is 4.35. The number of nitrogens with zero attached hydrogens (tertiary/aromatic N) is 3. The number of piperazine rings is 1. The van der Waals surface area contributed by atoms with Crippen molar-refractivity contribution in [2.45, 2.75) is 45.3 Å². The van der Waals surface area contributed by atoms with E-state index in [0.717, 1.165) is 17.0 Å². The Morgan fingerprint density at radius 2 is 2.19 bits per heavy atom. The largest absolute Gasteiger partial charge is 0.349 e. The molecule has 0 spiro atoms. The molecule has 2 aliphatic rings. The van der Waals surface area contributed by atoms with E-state index in [2.05, 4.69) is 10.3 Å². The van der Waals surface area contributed by atoms with Crippen molar-refractivity contribution in [3.63, 3.8) is 0 Å². The van der Waals surface area contributed by atoms with Crippen LogP contribution >= 0.6 is 11.3 Å². The number of hydrogen-bond acceptors (Lipinski definition) is 6. The summed E-state index contributed by atoms with van der Waals surface area (Å²) in [6.07, 6.45) is 2.26. The zero-order chi connectivity index (χ0) is 19.1. The third-order valence-electron chi connectivity index (χ3n) is 5.06. The molecule has 0 unspecified atom stereocenters. The number of hydrogen-bond donors (Lipinski definition) is 1. The van der Waals surface area contributed by atoms with Crippen LogP contribution in [0.15, 0.2) is 5.38 Å². The molecule has 2 aliphatic heterocycles. The molecule has 0 aliphatic carbocycles. The Hall–Kier alpha value is -1.52. The molecule has 2 saturated heterocycles. The van der Waals surface area contributed by atoms with Crippen LogP contribution in [0.25, 0.3) is 0 Å². The highest BCUT2D eigenvalue weighted by Crippen LogP contribution is 2.35. The molecule has 1 N–H and O–H groups in total. The van der Waals surface area contributed by atoms with E-state index in [4.69, 9.17) is 0 Å². The first-order valence-electron chi connectivity index (χ1n) is 8.65. The van der Waals surface area contributed by atoms with Gasteiger partial charge in [-0.2, -0.15) is 4.31 Å². The number of nitrogens with one attached hydrogen (secondary N) is 1. The lowest BCUT2D eigenvalue weighted by Gasteiger charge is -2.38. The van der Waals surface area contributed by atoms with Crippen LogP contribution in [0.1, 0.15) is 30.5 Å². The summed E-state index contributed by atoms with van der Waals surface area (Å²) in [4.78, 5) is 31.3. The average molecular weight is 401 g/mol. The van der Waals surface area contributed by atoms with Gasteiger partial charge < -0.3 is 10.2 Å². The number of aromatic nitrogens is 1. The number of fused-ring (bicyclic) bond motifs is 1. The van der Waals surface area contributed by atoms with Gasteiger partial charge in [0.1, 0.15) is 5.01 Å². The maximum atomic E-state index is 12.7. The Labute approximate surface area is 157 Å². The van der Waals surface area contributed by atoms with Gasteiger partial charge in [-0.1, -0.05) is 6.92 Å². The van der Waals surface area contributed by atoms with Gasteiger partial charge in [0.2, 0.25) is 21.8 Å². The number of amides is 2. The molecule has 1 aromatic heterocycles. The molecule has 144 valence electrons. The summed E-state index contributed by atoms with van der Waals surface area (Å²) in [5.41, 5.74) is 0.926.